The van der Waals surface area contributed by atoms with Crippen LogP contribution in [0.5, 0.6) is 0 Å². The molecule has 0 saturated carbocycles. The second-order valence-electron chi connectivity index (χ2n) is 8.26. The zero-order valence-corrected chi connectivity index (χ0v) is 17.0. The van der Waals surface area contributed by atoms with Crippen LogP contribution in [0, 0.1) is 13.8 Å². The van der Waals surface area contributed by atoms with E-state index in [1.807, 2.05) is 32.0 Å². The van der Waals surface area contributed by atoms with Crippen LogP contribution in [0.4, 0.5) is 10.5 Å². The van der Waals surface area contributed by atoms with Gasteiger partial charge in [-0.2, -0.15) is 0 Å². The number of fused-ring (bicyclic) bond motifs is 2. The largest absolute Gasteiger partial charge is 0.420 e. The fraction of sp³-hybridized carbons (Fsp3) is 0.273. The molecule has 1 aromatic heterocycles. The van der Waals surface area contributed by atoms with Gasteiger partial charge in [-0.25, -0.2) is 9.59 Å². The lowest BCUT2D eigenvalue weighted by Crippen LogP contribution is -2.47. The number of aromatic nitrogens is 1. The van der Waals surface area contributed by atoms with Gasteiger partial charge in [-0.15, -0.1) is 0 Å². The van der Waals surface area contributed by atoms with Crippen molar-refractivity contribution in [3.63, 3.8) is 0 Å². The van der Waals surface area contributed by atoms with E-state index in [0.29, 0.717) is 29.6 Å². The Morgan fingerprint density at radius 3 is 2.65 bits per heavy atom. The van der Waals surface area contributed by atoms with E-state index < -0.39 is 17.3 Å². The fourth-order valence-electron chi connectivity index (χ4n) is 4.53. The zero-order valence-electron chi connectivity index (χ0n) is 17.0. The van der Waals surface area contributed by atoms with Crippen LogP contribution in [0.3, 0.4) is 0 Å². The maximum Gasteiger partial charge on any atom is 0.420 e. The Hall–Kier alpha value is -3.88. The molecule has 9 nitrogen and oxygen atoms in total. The number of hydrogen-bond acceptors (Lipinski definition) is 5. The maximum absolute atomic E-state index is 12.7. The van der Waals surface area contributed by atoms with Crippen molar-refractivity contribution in [3.8, 4) is 0 Å². The molecule has 0 bridgehead atoms. The standard InChI is InChI=1S/C22H20N4O5/c1-11-5-12(2)18-16(6-11)26(21(30)31-18)10-17(27)23-15-4-3-13-8-22(9-14(13)7-15)19(28)24-20(29)25-22/h3-7H,8-10H2,1-2H3,(H,23,27)(H2,24,25,28,29). The molecule has 1 aliphatic carbocycles. The van der Waals surface area contributed by atoms with Gasteiger partial charge in [-0.1, -0.05) is 12.1 Å². The van der Waals surface area contributed by atoms with Gasteiger partial charge in [0, 0.05) is 18.5 Å². The number of benzene rings is 2. The third kappa shape index (κ3) is 3.09. The Kier molecular flexibility index (Phi) is 4.04. The summed E-state index contributed by atoms with van der Waals surface area (Å²) in [4.78, 5) is 48.7. The molecule has 1 fully saturated rings. The number of imide groups is 1. The minimum Gasteiger partial charge on any atom is -0.407 e. The quantitative estimate of drug-likeness (QED) is 0.555. The van der Waals surface area contributed by atoms with Crippen molar-refractivity contribution in [1.29, 1.82) is 0 Å². The molecule has 4 amide bonds. The van der Waals surface area contributed by atoms with Gasteiger partial charge in [0.25, 0.3) is 5.91 Å². The summed E-state index contributed by atoms with van der Waals surface area (Å²) in [5.41, 5.74) is 4.28. The fourth-order valence-corrected chi connectivity index (χ4v) is 4.53. The van der Waals surface area contributed by atoms with Crippen molar-refractivity contribution in [2.45, 2.75) is 38.8 Å². The van der Waals surface area contributed by atoms with Crippen LogP contribution in [0.15, 0.2) is 39.5 Å². The molecule has 3 N–H and O–H groups in total. The molecule has 1 saturated heterocycles. The van der Waals surface area contributed by atoms with Crippen LogP contribution >= 0.6 is 0 Å². The normalized spacial score (nSPS) is 19.5. The lowest BCUT2D eigenvalue weighted by Gasteiger charge is -2.18. The average Bonchev–Trinajstić information content (AvgIpc) is 3.29. The molecule has 2 heterocycles. The van der Waals surface area contributed by atoms with Crippen LogP contribution < -0.4 is 21.7 Å². The number of amides is 4. The van der Waals surface area contributed by atoms with Crippen molar-refractivity contribution < 1.29 is 18.8 Å². The summed E-state index contributed by atoms with van der Waals surface area (Å²) >= 11 is 0. The van der Waals surface area contributed by atoms with E-state index in [1.165, 1.54) is 4.57 Å². The lowest BCUT2D eigenvalue weighted by atomic mass is 9.96. The summed E-state index contributed by atoms with van der Waals surface area (Å²) < 4.78 is 6.63. The Labute approximate surface area is 176 Å². The predicted octanol–water partition coefficient (Wildman–Crippen LogP) is 1.53. The number of anilines is 1. The van der Waals surface area contributed by atoms with Gasteiger partial charge in [-0.05, 0) is 54.3 Å². The molecule has 2 aromatic carbocycles. The number of aryl methyl sites for hydroxylation is 2. The highest BCUT2D eigenvalue weighted by Gasteiger charge is 2.49. The highest BCUT2D eigenvalue weighted by molar-refractivity contribution is 6.08. The van der Waals surface area contributed by atoms with Crippen LogP contribution in [0.2, 0.25) is 0 Å². The summed E-state index contributed by atoms with van der Waals surface area (Å²) in [7, 11) is 0. The summed E-state index contributed by atoms with van der Waals surface area (Å²) in [6.07, 6.45) is 0.761. The Balaban J connectivity index is 1.36. The number of oxazole rings is 1. The van der Waals surface area contributed by atoms with Gasteiger partial charge >= 0.3 is 11.8 Å². The highest BCUT2D eigenvalue weighted by Crippen LogP contribution is 2.34. The van der Waals surface area contributed by atoms with Gasteiger partial charge in [0.15, 0.2) is 5.58 Å². The molecule has 31 heavy (non-hydrogen) atoms. The molecular formula is C22H20N4O5. The SMILES string of the molecule is Cc1cc(C)c2oc(=O)n(CC(=O)Nc3ccc4c(c3)CC3(C4)NC(=O)NC3=O)c2c1. The van der Waals surface area contributed by atoms with Crippen molar-refractivity contribution in [2.24, 2.45) is 0 Å². The van der Waals surface area contributed by atoms with Crippen LogP contribution in [-0.4, -0.2) is 28.0 Å². The molecular weight excluding hydrogens is 400 g/mol. The van der Waals surface area contributed by atoms with Crippen molar-refractivity contribution in [1.82, 2.24) is 15.2 Å². The van der Waals surface area contributed by atoms with Crippen LogP contribution in [0.25, 0.3) is 11.1 Å². The number of carbonyl (C=O) groups is 3. The van der Waals surface area contributed by atoms with Gasteiger partial charge < -0.3 is 15.1 Å². The second kappa shape index (κ2) is 6.56. The number of rotatable bonds is 3. The van der Waals surface area contributed by atoms with E-state index in [1.54, 1.807) is 12.1 Å². The molecule has 5 rings (SSSR count). The Morgan fingerprint density at radius 1 is 1.13 bits per heavy atom. The van der Waals surface area contributed by atoms with Gasteiger partial charge in [0.2, 0.25) is 5.91 Å². The number of hydrogen-bond donors (Lipinski definition) is 3. The molecule has 1 atom stereocenters. The van der Waals surface area contributed by atoms with Gasteiger partial charge in [0.1, 0.15) is 12.1 Å². The van der Waals surface area contributed by atoms with Crippen molar-refractivity contribution >= 4 is 34.6 Å². The van der Waals surface area contributed by atoms with E-state index in [-0.39, 0.29) is 18.4 Å². The van der Waals surface area contributed by atoms with E-state index in [2.05, 4.69) is 16.0 Å². The van der Waals surface area contributed by atoms with E-state index in [4.69, 9.17) is 4.42 Å². The van der Waals surface area contributed by atoms with Crippen molar-refractivity contribution in [2.75, 3.05) is 5.32 Å². The van der Waals surface area contributed by atoms with Gasteiger partial charge in [0.05, 0.1) is 5.52 Å². The first kappa shape index (κ1) is 19.1. The summed E-state index contributed by atoms with van der Waals surface area (Å²) in [5, 5.41) is 7.80. The monoisotopic (exact) mass is 420 g/mol. The molecule has 0 radical (unpaired) electrons. The summed E-state index contributed by atoms with van der Waals surface area (Å²) in [6.45, 7) is 3.58. The minimum atomic E-state index is -0.958. The molecule has 3 aromatic rings. The first-order valence-electron chi connectivity index (χ1n) is 9.90. The van der Waals surface area contributed by atoms with E-state index in [9.17, 15) is 19.2 Å². The summed E-state index contributed by atoms with van der Waals surface area (Å²) in [6, 6.07) is 8.62. The number of urea groups is 1. The summed E-state index contributed by atoms with van der Waals surface area (Å²) in [5.74, 6) is -1.29. The maximum atomic E-state index is 12.7. The third-order valence-corrected chi connectivity index (χ3v) is 5.89. The molecule has 2 aliphatic rings. The van der Waals surface area contributed by atoms with Gasteiger partial charge in [-0.3, -0.25) is 19.5 Å². The Morgan fingerprint density at radius 2 is 1.90 bits per heavy atom. The average molecular weight is 420 g/mol. The smallest absolute Gasteiger partial charge is 0.407 e. The number of carbonyl (C=O) groups excluding carboxylic acids is 3. The van der Waals surface area contributed by atoms with E-state index in [0.717, 1.165) is 22.3 Å². The third-order valence-electron chi connectivity index (χ3n) is 5.89. The lowest BCUT2D eigenvalue weighted by molar-refractivity contribution is -0.123. The topological polar surface area (TPSA) is 122 Å². The zero-order chi connectivity index (χ0) is 21.9. The first-order chi connectivity index (χ1) is 14.7. The molecule has 9 heteroatoms. The molecule has 1 spiro atoms. The van der Waals surface area contributed by atoms with E-state index >= 15 is 0 Å². The van der Waals surface area contributed by atoms with Crippen molar-refractivity contribution in [3.05, 3.63) is 63.1 Å². The number of nitrogens with one attached hydrogen (secondary N) is 3. The Bertz CT molecular complexity index is 1350. The molecule has 158 valence electrons. The second-order valence-corrected chi connectivity index (χ2v) is 8.26. The molecule has 1 aliphatic heterocycles. The predicted molar refractivity (Wildman–Crippen MR) is 112 cm³/mol. The molecule has 1 unspecified atom stereocenters. The number of nitrogens with zero attached hydrogens (tertiary/aromatic N) is 1. The highest BCUT2D eigenvalue weighted by atomic mass is 16.4. The van der Waals surface area contributed by atoms with Crippen LogP contribution in [-0.2, 0) is 29.0 Å². The minimum absolute atomic E-state index is 0.186. The van der Waals surface area contributed by atoms with Crippen LogP contribution in [0.1, 0.15) is 22.3 Å². The first-order valence-corrected chi connectivity index (χ1v) is 9.90.